The highest BCUT2D eigenvalue weighted by atomic mass is 79.9. The monoisotopic (exact) mass is 324 g/mol. The Morgan fingerprint density at radius 2 is 2.16 bits per heavy atom. The molecular formula is C15H21BrN2O. The molecule has 1 saturated carbocycles. The van der Waals surface area contributed by atoms with Crippen LogP contribution in [0.25, 0.3) is 0 Å². The van der Waals surface area contributed by atoms with Crippen molar-refractivity contribution in [3.63, 3.8) is 0 Å². The predicted molar refractivity (Wildman–Crippen MR) is 81.7 cm³/mol. The molecule has 2 fully saturated rings. The summed E-state index contributed by atoms with van der Waals surface area (Å²) < 4.78 is 6.71. The van der Waals surface area contributed by atoms with Crippen LogP contribution >= 0.6 is 15.9 Å². The molecule has 1 saturated heterocycles. The molecule has 0 spiro atoms. The van der Waals surface area contributed by atoms with Crippen molar-refractivity contribution < 1.29 is 4.74 Å². The van der Waals surface area contributed by atoms with Crippen LogP contribution in [0.4, 0.5) is 5.69 Å². The van der Waals surface area contributed by atoms with Gasteiger partial charge in [-0.25, -0.2) is 0 Å². The van der Waals surface area contributed by atoms with Gasteiger partial charge in [0.1, 0.15) is 0 Å². The molecule has 4 heteroatoms. The molecule has 0 aromatic heterocycles. The van der Waals surface area contributed by atoms with Gasteiger partial charge in [0, 0.05) is 36.8 Å². The second kappa shape index (κ2) is 6.25. The van der Waals surface area contributed by atoms with E-state index >= 15 is 0 Å². The normalized spacial score (nSPS) is 20.4. The summed E-state index contributed by atoms with van der Waals surface area (Å²) in [7, 11) is 0. The average Bonchev–Trinajstić information content (AvgIpc) is 3.24. The fraction of sp³-hybridized carbons (Fsp3) is 0.600. The van der Waals surface area contributed by atoms with Crippen LogP contribution in [-0.4, -0.2) is 32.3 Å². The molecule has 0 radical (unpaired) electrons. The SMILES string of the molecule is Brc1cc(CNC2CC2)ccc1N1CCCOCC1. The summed E-state index contributed by atoms with van der Waals surface area (Å²) in [5.74, 6) is 0. The van der Waals surface area contributed by atoms with Crippen LogP contribution in [0.1, 0.15) is 24.8 Å². The highest BCUT2D eigenvalue weighted by molar-refractivity contribution is 9.10. The smallest absolute Gasteiger partial charge is 0.0641 e. The minimum absolute atomic E-state index is 0.765. The molecule has 1 N–H and O–H groups in total. The maximum absolute atomic E-state index is 5.51. The van der Waals surface area contributed by atoms with Crippen LogP contribution < -0.4 is 10.2 Å². The summed E-state index contributed by atoms with van der Waals surface area (Å²) in [6.07, 6.45) is 3.79. The molecule has 1 aromatic carbocycles. The first-order chi connectivity index (χ1) is 9.33. The van der Waals surface area contributed by atoms with Gasteiger partial charge in [0.15, 0.2) is 0 Å². The van der Waals surface area contributed by atoms with Gasteiger partial charge in [-0.05, 0) is 52.9 Å². The van der Waals surface area contributed by atoms with E-state index in [-0.39, 0.29) is 0 Å². The van der Waals surface area contributed by atoms with Gasteiger partial charge < -0.3 is 15.0 Å². The number of rotatable bonds is 4. The summed E-state index contributed by atoms with van der Waals surface area (Å²) in [6.45, 7) is 4.76. The van der Waals surface area contributed by atoms with E-state index in [0.717, 1.165) is 45.3 Å². The lowest BCUT2D eigenvalue weighted by Gasteiger charge is -2.23. The van der Waals surface area contributed by atoms with Crippen molar-refractivity contribution in [2.24, 2.45) is 0 Å². The maximum Gasteiger partial charge on any atom is 0.0641 e. The Hall–Kier alpha value is -0.580. The number of anilines is 1. The van der Waals surface area contributed by atoms with Crippen molar-refractivity contribution in [1.29, 1.82) is 0 Å². The number of halogens is 1. The highest BCUT2D eigenvalue weighted by Gasteiger charge is 2.20. The van der Waals surface area contributed by atoms with E-state index in [4.69, 9.17) is 4.74 Å². The topological polar surface area (TPSA) is 24.5 Å². The standard InChI is InChI=1S/C15H21BrN2O/c16-14-10-12(11-17-13-3-4-13)2-5-15(14)18-6-1-8-19-9-7-18/h2,5,10,13,17H,1,3-4,6-9,11H2. The number of hydrogen-bond donors (Lipinski definition) is 1. The fourth-order valence-corrected chi connectivity index (χ4v) is 3.13. The zero-order valence-corrected chi connectivity index (χ0v) is 12.8. The summed E-state index contributed by atoms with van der Waals surface area (Å²) in [5, 5.41) is 3.55. The Bertz CT molecular complexity index is 426. The first-order valence-corrected chi connectivity index (χ1v) is 7.97. The van der Waals surface area contributed by atoms with E-state index in [9.17, 15) is 0 Å². The number of benzene rings is 1. The van der Waals surface area contributed by atoms with Crippen molar-refractivity contribution in [3.8, 4) is 0 Å². The zero-order chi connectivity index (χ0) is 13.1. The van der Waals surface area contributed by atoms with E-state index in [1.54, 1.807) is 0 Å². The Kier molecular flexibility index (Phi) is 4.41. The molecule has 2 aliphatic rings. The van der Waals surface area contributed by atoms with Gasteiger partial charge in [0.05, 0.1) is 12.3 Å². The molecule has 0 unspecified atom stereocenters. The van der Waals surface area contributed by atoms with E-state index in [1.165, 1.54) is 28.6 Å². The lowest BCUT2D eigenvalue weighted by Crippen LogP contribution is -2.26. The average molecular weight is 325 g/mol. The Morgan fingerprint density at radius 3 is 2.95 bits per heavy atom. The number of nitrogens with zero attached hydrogens (tertiary/aromatic N) is 1. The minimum atomic E-state index is 0.765. The van der Waals surface area contributed by atoms with Crippen molar-refractivity contribution in [3.05, 3.63) is 28.2 Å². The van der Waals surface area contributed by atoms with Gasteiger partial charge in [-0.2, -0.15) is 0 Å². The molecule has 19 heavy (non-hydrogen) atoms. The van der Waals surface area contributed by atoms with Crippen molar-refractivity contribution in [2.45, 2.75) is 31.8 Å². The Morgan fingerprint density at radius 1 is 1.26 bits per heavy atom. The van der Waals surface area contributed by atoms with Crippen LogP contribution in [0, 0.1) is 0 Å². The lowest BCUT2D eigenvalue weighted by atomic mass is 10.2. The van der Waals surface area contributed by atoms with Crippen LogP contribution in [0.15, 0.2) is 22.7 Å². The second-order valence-electron chi connectivity index (χ2n) is 5.39. The molecule has 1 aromatic rings. The molecule has 1 aliphatic heterocycles. The van der Waals surface area contributed by atoms with Gasteiger partial charge in [0.2, 0.25) is 0 Å². The lowest BCUT2D eigenvalue weighted by molar-refractivity contribution is 0.152. The van der Waals surface area contributed by atoms with E-state index in [1.807, 2.05) is 0 Å². The Labute approximate surface area is 123 Å². The van der Waals surface area contributed by atoms with Crippen molar-refractivity contribution in [1.82, 2.24) is 5.32 Å². The van der Waals surface area contributed by atoms with Crippen LogP contribution in [-0.2, 0) is 11.3 Å². The third kappa shape index (κ3) is 3.71. The summed E-state index contributed by atoms with van der Waals surface area (Å²) in [6, 6.07) is 7.48. The van der Waals surface area contributed by atoms with Crippen LogP contribution in [0.3, 0.4) is 0 Å². The summed E-state index contributed by atoms with van der Waals surface area (Å²) >= 11 is 3.72. The minimum Gasteiger partial charge on any atom is -0.380 e. The van der Waals surface area contributed by atoms with E-state index in [0.29, 0.717) is 0 Å². The first-order valence-electron chi connectivity index (χ1n) is 7.17. The second-order valence-corrected chi connectivity index (χ2v) is 6.25. The summed E-state index contributed by atoms with van der Waals surface area (Å²) in [5.41, 5.74) is 2.65. The van der Waals surface area contributed by atoms with Crippen molar-refractivity contribution in [2.75, 3.05) is 31.2 Å². The van der Waals surface area contributed by atoms with Gasteiger partial charge in [0.25, 0.3) is 0 Å². The zero-order valence-electron chi connectivity index (χ0n) is 11.2. The predicted octanol–water partition coefficient (Wildman–Crippen LogP) is 2.93. The molecule has 3 rings (SSSR count). The third-order valence-electron chi connectivity index (χ3n) is 3.75. The molecule has 0 amide bonds. The maximum atomic E-state index is 5.51. The summed E-state index contributed by atoms with van der Waals surface area (Å²) in [4.78, 5) is 2.41. The molecule has 1 aliphatic carbocycles. The molecule has 104 valence electrons. The molecule has 0 bridgehead atoms. The molecular weight excluding hydrogens is 304 g/mol. The van der Waals surface area contributed by atoms with E-state index < -0.39 is 0 Å². The van der Waals surface area contributed by atoms with Crippen molar-refractivity contribution >= 4 is 21.6 Å². The number of nitrogens with one attached hydrogen (secondary N) is 1. The van der Waals surface area contributed by atoms with Gasteiger partial charge >= 0.3 is 0 Å². The van der Waals surface area contributed by atoms with Crippen LogP contribution in [0.2, 0.25) is 0 Å². The Balaban J connectivity index is 1.66. The quantitative estimate of drug-likeness (QED) is 0.921. The van der Waals surface area contributed by atoms with Gasteiger partial charge in [-0.15, -0.1) is 0 Å². The van der Waals surface area contributed by atoms with E-state index in [2.05, 4.69) is 44.3 Å². The number of hydrogen-bond acceptors (Lipinski definition) is 3. The van der Waals surface area contributed by atoms with Gasteiger partial charge in [-0.3, -0.25) is 0 Å². The first kappa shape index (κ1) is 13.4. The third-order valence-corrected chi connectivity index (χ3v) is 4.38. The van der Waals surface area contributed by atoms with Crippen LogP contribution in [0.5, 0.6) is 0 Å². The highest BCUT2D eigenvalue weighted by Crippen LogP contribution is 2.28. The fourth-order valence-electron chi connectivity index (χ4n) is 2.45. The molecule has 1 heterocycles. The number of ether oxygens (including phenoxy) is 1. The largest absolute Gasteiger partial charge is 0.380 e. The molecule has 3 nitrogen and oxygen atoms in total. The van der Waals surface area contributed by atoms with Gasteiger partial charge in [-0.1, -0.05) is 6.07 Å². The molecule has 0 atom stereocenters.